The van der Waals surface area contributed by atoms with Gasteiger partial charge in [0.25, 0.3) is 0 Å². The summed E-state index contributed by atoms with van der Waals surface area (Å²) in [4.78, 5) is 18.3. The van der Waals surface area contributed by atoms with Crippen molar-refractivity contribution in [1.82, 2.24) is 9.88 Å². The molecule has 1 heterocycles. The minimum Gasteiger partial charge on any atom is -0.357 e. The number of hydrogen-bond acceptors (Lipinski definition) is 5. The van der Waals surface area contributed by atoms with E-state index in [1.165, 1.54) is 0 Å². The molecule has 1 aromatic heterocycles. The molecule has 3 aromatic rings. The standard InChI is InChI=1S/C20H22N4OS/c1-24(2)13-19(25)22-17-10-6-7-15(11-17)12-21-20-23-18(14-26-20)16-8-4-3-5-9-16/h3-11,14H,12-13H2,1-2H3,(H,21,23)(H,22,25). The third-order valence-corrected chi connectivity index (χ3v) is 4.49. The molecule has 0 saturated carbocycles. The molecule has 0 aliphatic heterocycles. The Bertz CT molecular complexity index is 861. The predicted octanol–water partition coefficient (Wildman–Crippen LogP) is 3.92. The third kappa shape index (κ3) is 5.15. The molecule has 0 aliphatic carbocycles. The monoisotopic (exact) mass is 366 g/mol. The molecule has 0 unspecified atom stereocenters. The van der Waals surface area contributed by atoms with Gasteiger partial charge in [0.2, 0.25) is 5.91 Å². The molecule has 0 atom stereocenters. The number of amides is 1. The maximum atomic E-state index is 11.9. The molecule has 0 spiro atoms. The lowest BCUT2D eigenvalue weighted by molar-refractivity contribution is -0.116. The first-order valence-corrected chi connectivity index (χ1v) is 9.26. The molecule has 26 heavy (non-hydrogen) atoms. The molecule has 0 fully saturated rings. The second-order valence-electron chi connectivity index (χ2n) is 6.24. The van der Waals surface area contributed by atoms with Crippen molar-refractivity contribution < 1.29 is 4.79 Å². The lowest BCUT2D eigenvalue weighted by Crippen LogP contribution is -2.27. The van der Waals surface area contributed by atoms with E-state index in [0.717, 1.165) is 27.6 Å². The number of nitrogens with zero attached hydrogens (tertiary/aromatic N) is 2. The van der Waals surface area contributed by atoms with Crippen molar-refractivity contribution >= 4 is 28.1 Å². The smallest absolute Gasteiger partial charge is 0.238 e. The number of aromatic nitrogens is 1. The zero-order valence-corrected chi connectivity index (χ0v) is 15.7. The van der Waals surface area contributed by atoms with Gasteiger partial charge in [-0.1, -0.05) is 42.5 Å². The van der Waals surface area contributed by atoms with Crippen molar-refractivity contribution in [2.75, 3.05) is 31.3 Å². The van der Waals surface area contributed by atoms with Crippen molar-refractivity contribution in [1.29, 1.82) is 0 Å². The first kappa shape index (κ1) is 18.1. The summed E-state index contributed by atoms with van der Waals surface area (Å²) in [6.07, 6.45) is 0. The third-order valence-electron chi connectivity index (χ3n) is 3.69. The Kier molecular flexibility index (Phi) is 5.99. The van der Waals surface area contributed by atoms with Gasteiger partial charge in [-0.25, -0.2) is 4.98 Å². The molecule has 134 valence electrons. The van der Waals surface area contributed by atoms with E-state index in [9.17, 15) is 4.79 Å². The van der Waals surface area contributed by atoms with Crippen LogP contribution in [0.4, 0.5) is 10.8 Å². The zero-order chi connectivity index (χ0) is 18.4. The van der Waals surface area contributed by atoms with Gasteiger partial charge in [-0.3, -0.25) is 4.79 Å². The van der Waals surface area contributed by atoms with Crippen LogP contribution in [0.2, 0.25) is 0 Å². The fourth-order valence-corrected chi connectivity index (χ4v) is 3.24. The van der Waals surface area contributed by atoms with E-state index in [1.54, 1.807) is 11.3 Å². The zero-order valence-electron chi connectivity index (χ0n) is 14.9. The van der Waals surface area contributed by atoms with Crippen LogP contribution >= 0.6 is 11.3 Å². The van der Waals surface area contributed by atoms with E-state index in [1.807, 2.05) is 61.5 Å². The lowest BCUT2D eigenvalue weighted by atomic mass is 10.2. The van der Waals surface area contributed by atoms with Crippen LogP contribution in [0, 0.1) is 0 Å². The molecule has 0 bridgehead atoms. The molecule has 2 aromatic carbocycles. The van der Waals surface area contributed by atoms with Crippen LogP contribution in [0.5, 0.6) is 0 Å². The van der Waals surface area contributed by atoms with E-state index in [-0.39, 0.29) is 5.91 Å². The number of likely N-dealkylation sites (N-methyl/N-ethyl adjacent to an activating group) is 1. The minimum absolute atomic E-state index is 0.0208. The largest absolute Gasteiger partial charge is 0.357 e. The number of anilines is 2. The Hall–Kier alpha value is -2.70. The Labute approximate surface area is 157 Å². The van der Waals surface area contributed by atoms with Crippen LogP contribution < -0.4 is 10.6 Å². The number of rotatable bonds is 7. The summed E-state index contributed by atoms with van der Waals surface area (Å²) >= 11 is 1.59. The average Bonchev–Trinajstić information content (AvgIpc) is 3.09. The summed E-state index contributed by atoms with van der Waals surface area (Å²) < 4.78 is 0. The SMILES string of the molecule is CN(C)CC(=O)Nc1cccc(CNc2nc(-c3ccccc3)cs2)c1. The lowest BCUT2D eigenvalue weighted by Gasteiger charge is -2.11. The quantitative estimate of drug-likeness (QED) is 0.665. The molecule has 0 saturated heterocycles. The number of thiazole rings is 1. The number of benzene rings is 2. The fourth-order valence-electron chi connectivity index (χ4n) is 2.52. The van der Waals surface area contributed by atoms with E-state index >= 15 is 0 Å². The van der Waals surface area contributed by atoms with E-state index < -0.39 is 0 Å². The Morgan fingerprint density at radius 2 is 1.92 bits per heavy atom. The summed E-state index contributed by atoms with van der Waals surface area (Å²) in [6, 6.07) is 18.0. The van der Waals surface area contributed by atoms with Crippen molar-refractivity contribution in [2.24, 2.45) is 0 Å². The second-order valence-corrected chi connectivity index (χ2v) is 7.10. The molecule has 3 rings (SSSR count). The van der Waals surface area contributed by atoms with Gasteiger partial charge >= 0.3 is 0 Å². The van der Waals surface area contributed by atoms with Crippen LogP contribution in [0.3, 0.4) is 0 Å². The molecule has 2 N–H and O–H groups in total. The summed E-state index contributed by atoms with van der Waals surface area (Å²) in [6.45, 7) is 1.02. The average molecular weight is 366 g/mol. The fraction of sp³-hybridized carbons (Fsp3) is 0.200. The van der Waals surface area contributed by atoms with Gasteiger partial charge in [0.1, 0.15) is 0 Å². The molecule has 6 heteroatoms. The predicted molar refractivity (Wildman–Crippen MR) is 109 cm³/mol. The Balaban J connectivity index is 1.59. The van der Waals surface area contributed by atoms with Crippen molar-refractivity contribution in [3.8, 4) is 11.3 Å². The molecular formula is C20H22N4OS. The number of carbonyl (C=O) groups is 1. The highest BCUT2D eigenvalue weighted by Gasteiger charge is 2.06. The van der Waals surface area contributed by atoms with Gasteiger partial charge in [-0.15, -0.1) is 11.3 Å². The first-order chi connectivity index (χ1) is 12.6. The number of nitrogens with one attached hydrogen (secondary N) is 2. The molecular weight excluding hydrogens is 344 g/mol. The summed E-state index contributed by atoms with van der Waals surface area (Å²) in [5, 5.41) is 9.20. The van der Waals surface area contributed by atoms with E-state index in [4.69, 9.17) is 0 Å². The number of carbonyl (C=O) groups excluding carboxylic acids is 1. The van der Waals surface area contributed by atoms with Gasteiger partial charge in [0.15, 0.2) is 5.13 Å². The van der Waals surface area contributed by atoms with Gasteiger partial charge in [-0.2, -0.15) is 0 Å². The van der Waals surface area contributed by atoms with Crippen LogP contribution in [0.1, 0.15) is 5.56 Å². The molecule has 0 radical (unpaired) electrons. The van der Waals surface area contributed by atoms with Gasteiger partial charge < -0.3 is 15.5 Å². The second kappa shape index (κ2) is 8.60. The van der Waals surface area contributed by atoms with Crippen LogP contribution in [-0.4, -0.2) is 36.4 Å². The highest BCUT2D eigenvalue weighted by molar-refractivity contribution is 7.14. The number of hydrogen-bond donors (Lipinski definition) is 2. The first-order valence-electron chi connectivity index (χ1n) is 8.38. The van der Waals surface area contributed by atoms with Crippen LogP contribution in [0.25, 0.3) is 11.3 Å². The normalized spacial score (nSPS) is 10.7. The maximum Gasteiger partial charge on any atom is 0.238 e. The Morgan fingerprint density at radius 1 is 1.12 bits per heavy atom. The molecule has 0 aliphatic rings. The van der Waals surface area contributed by atoms with Gasteiger partial charge in [0, 0.05) is 23.2 Å². The molecule has 5 nitrogen and oxygen atoms in total. The Morgan fingerprint density at radius 3 is 2.69 bits per heavy atom. The highest BCUT2D eigenvalue weighted by atomic mass is 32.1. The van der Waals surface area contributed by atoms with Gasteiger partial charge in [-0.05, 0) is 31.8 Å². The van der Waals surface area contributed by atoms with E-state index in [2.05, 4.69) is 33.1 Å². The van der Waals surface area contributed by atoms with Crippen LogP contribution in [-0.2, 0) is 11.3 Å². The van der Waals surface area contributed by atoms with Crippen LogP contribution in [0.15, 0.2) is 60.0 Å². The van der Waals surface area contributed by atoms with Crippen molar-refractivity contribution in [2.45, 2.75) is 6.54 Å². The summed E-state index contributed by atoms with van der Waals surface area (Å²) in [7, 11) is 3.75. The van der Waals surface area contributed by atoms with Gasteiger partial charge in [0.05, 0.1) is 12.2 Å². The summed E-state index contributed by atoms with van der Waals surface area (Å²) in [5.74, 6) is -0.0208. The topological polar surface area (TPSA) is 57.3 Å². The summed E-state index contributed by atoms with van der Waals surface area (Å²) in [5.41, 5.74) is 3.98. The highest BCUT2D eigenvalue weighted by Crippen LogP contribution is 2.25. The molecule has 1 amide bonds. The van der Waals surface area contributed by atoms with Crippen molar-refractivity contribution in [3.63, 3.8) is 0 Å². The minimum atomic E-state index is -0.0208. The van der Waals surface area contributed by atoms with E-state index in [0.29, 0.717) is 13.1 Å². The van der Waals surface area contributed by atoms with Crippen molar-refractivity contribution in [3.05, 3.63) is 65.5 Å². The maximum absolute atomic E-state index is 11.9.